The second-order valence-corrected chi connectivity index (χ2v) is 6.25. The first-order valence-corrected chi connectivity index (χ1v) is 8.71. The van der Waals surface area contributed by atoms with Gasteiger partial charge in [0.25, 0.3) is 0 Å². The second kappa shape index (κ2) is 8.42. The van der Waals surface area contributed by atoms with Crippen LogP contribution in [0.4, 0.5) is 22.0 Å². The highest BCUT2D eigenvalue weighted by molar-refractivity contribution is 5.72. The van der Waals surface area contributed by atoms with Crippen LogP contribution in [0.15, 0.2) is 48.5 Å². The molecule has 0 heterocycles. The van der Waals surface area contributed by atoms with E-state index in [2.05, 4.69) is 4.74 Å². The molecule has 0 aliphatic heterocycles. The van der Waals surface area contributed by atoms with Crippen LogP contribution in [0.25, 0.3) is 22.3 Å². The van der Waals surface area contributed by atoms with Crippen molar-refractivity contribution in [2.75, 3.05) is 6.86 Å². The maximum atomic E-state index is 14.7. The minimum atomic E-state index is -1.23. The molecule has 0 radical (unpaired) electrons. The molecule has 0 aliphatic rings. The maximum absolute atomic E-state index is 14.7. The van der Waals surface area contributed by atoms with Crippen LogP contribution in [0.5, 0.6) is 5.75 Å². The molecule has 3 aromatic rings. The van der Waals surface area contributed by atoms with Crippen molar-refractivity contribution in [3.8, 4) is 28.0 Å². The quantitative estimate of drug-likeness (QED) is 0.418. The lowest BCUT2D eigenvalue weighted by atomic mass is 9.97. The van der Waals surface area contributed by atoms with E-state index >= 15 is 0 Å². The molecule has 0 atom stereocenters. The van der Waals surface area contributed by atoms with Crippen molar-refractivity contribution < 1.29 is 26.7 Å². The molecule has 0 amide bonds. The molecule has 28 heavy (non-hydrogen) atoms. The van der Waals surface area contributed by atoms with E-state index in [1.165, 1.54) is 30.3 Å². The number of aryl methyl sites for hydroxylation is 1. The predicted octanol–water partition coefficient (Wildman–Crippen LogP) is 6.84. The molecule has 0 N–H and O–H groups in total. The van der Waals surface area contributed by atoms with E-state index in [1.54, 1.807) is 6.07 Å². The topological polar surface area (TPSA) is 9.23 Å². The van der Waals surface area contributed by atoms with Gasteiger partial charge in [0.2, 0.25) is 6.86 Å². The zero-order valence-electron chi connectivity index (χ0n) is 15.0. The molecule has 0 aliphatic carbocycles. The van der Waals surface area contributed by atoms with E-state index in [9.17, 15) is 22.0 Å². The minimum absolute atomic E-state index is 0.0467. The van der Waals surface area contributed by atoms with Gasteiger partial charge in [0.05, 0.1) is 0 Å². The summed E-state index contributed by atoms with van der Waals surface area (Å²) < 4.78 is 74.2. The summed E-state index contributed by atoms with van der Waals surface area (Å²) in [6.45, 7) is 0.745. The van der Waals surface area contributed by atoms with Crippen LogP contribution < -0.4 is 4.74 Å². The van der Waals surface area contributed by atoms with Crippen molar-refractivity contribution in [1.29, 1.82) is 0 Å². The van der Waals surface area contributed by atoms with Crippen molar-refractivity contribution in [1.82, 2.24) is 0 Å². The van der Waals surface area contributed by atoms with Crippen molar-refractivity contribution in [2.45, 2.75) is 19.8 Å². The average molecular weight is 392 g/mol. The summed E-state index contributed by atoms with van der Waals surface area (Å²) in [5.74, 6) is -4.34. The summed E-state index contributed by atoms with van der Waals surface area (Å²) in [7, 11) is 0. The molecular weight excluding hydrogens is 375 g/mol. The number of benzene rings is 3. The van der Waals surface area contributed by atoms with Crippen LogP contribution in [-0.2, 0) is 6.42 Å². The van der Waals surface area contributed by atoms with E-state index in [4.69, 9.17) is 0 Å². The Morgan fingerprint density at radius 3 is 2.07 bits per heavy atom. The van der Waals surface area contributed by atoms with Gasteiger partial charge in [-0.3, -0.25) is 0 Å². The van der Waals surface area contributed by atoms with Gasteiger partial charge in [0.1, 0.15) is 5.82 Å². The zero-order chi connectivity index (χ0) is 20.3. The van der Waals surface area contributed by atoms with Crippen LogP contribution in [0, 0.1) is 23.3 Å². The summed E-state index contributed by atoms with van der Waals surface area (Å²) in [6.07, 6.45) is 1.52. The molecular formula is C22H17F5O. The molecule has 0 unspecified atom stereocenters. The van der Waals surface area contributed by atoms with Gasteiger partial charge in [0, 0.05) is 16.7 Å². The monoisotopic (exact) mass is 392 g/mol. The zero-order valence-corrected chi connectivity index (χ0v) is 15.0. The van der Waals surface area contributed by atoms with Gasteiger partial charge in [-0.05, 0) is 35.7 Å². The minimum Gasteiger partial charge on any atom is -0.460 e. The molecule has 3 aromatic carbocycles. The standard InChI is InChI=1S/C22H17F5O/c1-2-3-13-4-6-16(18(24)10-13)17-8-7-15(21(26)22(17)27)14-5-9-20(28-12-23)19(25)11-14/h4-11H,2-3,12H2,1H3. The average Bonchev–Trinajstić information content (AvgIpc) is 2.67. The van der Waals surface area contributed by atoms with Crippen LogP contribution in [0.1, 0.15) is 18.9 Å². The Morgan fingerprint density at radius 2 is 1.43 bits per heavy atom. The van der Waals surface area contributed by atoms with E-state index in [0.29, 0.717) is 6.42 Å². The molecule has 1 nitrogen and oxygen atoms in total. The Morgan fingerprint density at radius 1 is 0.750 bits per heavy atom. The summed E-state index contributed by atoms with van der Waals surface area (Å²) in [5.41, 5.74) is 0.341. The van der Waals surface area contributed by atoms with Crippen LogP contribution in [-0.4, -0.2) is 6.86 Å². The Balaban J connectivity index is 2.01. The normalized spacial score (nSPS) is 10.9. The molecule has 3 rings (SSSR count). The third kappa shape index (κ3) is 3.86. The van der Waals surface area contributed by atoms with Gasteiger partial charge in [-0.15, -0.1) is 0 Å². The third-order valence-corrected chi connectivity index (χ3v) is 4.40. The van der Waals surface area contributed by atoms with Crippen molar-refractivity contribution in [2.24, 2.45) is 0 Å². The third-order valence-electron chi connectivity index (χ3n) is 4.40. The van der Waals surface area contributed by atoms with Crippen LogP contribution in [0.2, 0.25) is 0 Å². The molecule has 0 spiro atoms. The van der Waals surface area contributed by atoms with Crippen molar-refractivity contribution in [3.63, 3.8) is 0 Å². The van der Waals surface area contributed by atoms with Gasteiger partial charge in [-0.2, -0.15) is 0 Å². The van der Waals surface area contributed by atoms with Gasteiger partial charge in [0.15, 0.2) is 23.2 Å². The first-order valence-electron chi connectivity index (χ1n) is 8.71. The second-order valence-electron chi connectivity index (χ2n) is 6.25. The number of hydrogen-bond donors (Lipinski definition) is 0. The van der Waals surface area contributed by atoms with Crippen LogP contribution >= 0.6 is 0 Å². The summed E-state index contributed by atoms with van der Waals surface area (Å²) in [6, 6.07) is 10.2. The van der Waals surface area contributed by atoms with E-state index < -0.39 is 30.1 Å². The first kappa shape index (κ1) is 19.9. The maximum Gasteiger partial charge on any atom is 0.228 e. The Kier molecular flexibility index (Phi) is 5.97. The summed E-state index contributed by atoms with van der Waals surface area (Å²) in [5, 5.41) is 0. The summed E-state index contributed by atoms with van der Waals surface area (Å²) >= 11 is 0. The van der Waals surface area contributed by atoms with Gasteiger partial charge in [-0.1, -0.05) is 43.7 Å². The Labute approximate surface area is 159 Å². The number of ether oxygens (including phenoxy) is 1. The van der Waals surface area contributed by atoms with Crippen molar-refractivity contribution >= 4 is 0 Å². The lowest BCUT2D eigenvalue weighted by Gasteiger charge is -2.11. The first-order chi connectivity index (χ1) is 13.5. The molecule has 0 saturated carbocycles. The summed E-state index contributed by atoms with van der Waals surface area (Å²) in [4.78, 5) is 0. The lowest BCUT2D eigenvalue weighted by molar-refractivity contribution is 0.184. The Hall–Kier alpha value is -2.89. The highest BCUT2D eigenvalue weighted by atomic mass is 19.2. The number of halogens is 5. The Bertz CT molecular complexity index is 1000. The van der Waals surface area contributed by atoms with E-state index in [1.807, 2.05) is 6.92 Å². The van der Waals surface area contributed by atoms with E-state index in [-0.39, 0.29) is 28.0 Å². The van der Waals surface area contributed by atoms with Gasteiger partial charge in [-0.25, -0.2) is 22.0 Å². The molecule has 0 fully saturated rings. The number of rotatable bonds is 6. The van der Waals surface area contributed by atoms with Gasteiger partial charge >= 0.3 is 0 Å². The fraction of sp³-hybridized carbons (Fsp3) is 0.182. The molecule has 0 saturated heterocycles. The SMILES string of the molecule is CCCc1ccc(-c2ccc(-c3ccc(OCF)c(F)c3)c(F)c2F)c(F)c1. The molecule has 6 heteroatoms. The lowest BCUT2D eigenvalue weighted by Crippen LogP contribution is -1.98. The van der Waals surface area contributed by atoms with Gasteiger partial charge < -0.3 is 4.74 Å². The van der Waals surface area contributed by atoms with Crippen molar-refractivity contribution in [3.05, 3.63) is 77.4 Å². The molecule has 146 valence electrons. The van der Waals surface area contributed by atoms with E-state index in [0.717, 1.165) is 24.1 Å². The smallest absolute Gasteiger partial charge is 0.228 e. The highest BCUT2D eigenvalue weighted by Crippen LogP contribution is 2.34. The fourth-order valence-corrected chi connectivity index (χ4v) is 3.05. The largest absolute Gasteiger partial charge is 0.460 e. The molecule has 0 aromatic heterocycles. The van der Waals surface area contributed by atoms with Crippen LogP contribution in [0.3, 0.4) is 0 Å². The highest BCUT2D eigenvalue weighted by Gasteiger charge is 2.19. The predicted molar refractivity (Wildman–Crippen MR) is 97.7 cm³/mol. The number of hydrogen-bond acceptors (Lipinski definition) is 1. The molecule has 0 bridgehead atoms. The number of alkyl halides is 1. The fourth-order valence-electron chi connectivity index (χ4n) is 3.05.